The number of hydrogen-bond donors (Lipinski definition) is 2. The third kappa shape index (κ3) is 3.78. The molecular formula is C34H32N4. The molecule has 4 aromatic carbocycles. The smallest absolute Gasteiger partial charge is 0.109 e. The molecular weight excluding hydrogens is 464 g/mol. The van der Waals surface area contributed by atoms with E-state index in [1.807, 2.05) is 6.20 Å². The van der Waals surface area contributed by atoms with E-state index in [4.69, 9.17) is 9.98 Å². The molecule has 1 aliphatic carbocycles. The molecule has 8 rings (SSSR count). The van der Waals surface area contributed by atoms with Crippen molar-refractivity contribution in [3.63, 3.8) is 0 Å². The number of benzene rings is 4. The predicted octanol–water partition coefficient (Wildman–Crippen LogP) is 8.09. The van der Waals surface area contributed by atoms with Gasteiger partial charge in [0.25, 0.3) is 0 Å². The molecule has 0 spiro atoms. The Balaban J connectivity index is 1.08. The summed E-state index contributed by atoms with van der Waals surface area (Å²) in [5.74, 6) is 1.77. The van der Waals surface area contributed by atoms with E-state index in [0.29, 0.717) is 12.0 Å². The van der Waals surface area contributed by atoms with E-state index in [1.165, 1.54) is 88.0 Å². The van der Waals surface area contributed by atoms with Gasteiger partial charge in [0.05, 0.1) is 17.6 Å². The molecule has 5 aromatic rings. The van der Waals surface area contributed by atoms with Gasteiger partial charge in [0.1, 0.15) is 5.82 Å². The van der Waals surface area contributed by atoms with Gasteiger partial charge in [0.2, 0.25) is 0 Å². The average Bonchev–Trinajstić information content (AvgIpc) is 3.78. The van der Waals surface area contributed by atoms with Gasteiger partial charge in [-0.1, -0.05) is 55.3 Å². The molecule has 1 saturated heterocycles. The normalized spacial score (nSPS) is 19.5. The lowest BCUT2D eigenvalue weighted by molar-refractivity contribution is 0.679. The van der Waals surface area contributed by atoms with Crippen molar-refractivity contribution < 1.29 is 0 Å². The Hall–Kier alpha value is -3.76. The van der Waals surface area contributed by atoms with Gasteiger partial charge in [-0.05, 0) is 94.7 Å². The van der Waals surface area contributed by atoms with Crippen LogP contribution in [0.15, 0.2) is 77.9 Å². The van der Waals surface area contributed by atoms with Crippen molar-refractivity contribution >= 4 is 32.9 Å². The van der Waals surface area contributed by atoms with Crippen LogP contribution in [-0.4, -0.2) is 28.3 Å². The largest absolute Gasteiger partial charge is 0.342 e. The first kappa shape index (κ1) is 22.2. The minimum Gasteiger partial charge on any atom is -0.342 e. The Labute approximate surface area is 223 Å². The van der Waals surface area contributed by atoms with Gasteiger partial charge in [0.15, 0.2) is 0 Å². The van der Waals surface area contributed by atoms with E-state index in [9.17, 15) is 0 Å². The van der Waals surface area contributed by atoms with Crippen molar-refractivity contribution in [2.75, 3.05) is 6.54 Å². The summed E-state index contributed by atoms with van der Waals surface area (Å²) in [6.07, 6.45) is 10.6. The van der Waals surface area contributed by atoms with Crippen LogP contribution in [0.5, 0.6) is 0 Å². The number of nitrogens with zero attached hydrogens (tertiary/aromatic N) is 2. The van der Waals surface area contributed by atoms with Crippen molar-refractivity contribution in [3.05, 3.63) is 84.3 Å². The van der Waals surface area contributed by atoms with Crippen molar-refractivity contribution in [1.82, 2.24) is 15.3 Å². The Bertz CT molecular complexity index is 1710. The van der Waals surface area contributed by atoms with Crippen LogP contribution in [0.1, 0.15) is 55.8 Å². The van der Waals surface area contributed by atoms with Crippen molar-refractivity contribution in [2.45, 2.75) is 56.9 Å². The lowest BCUT2D eigenvalue weighted by Crippen LogP contribution is -2.30. The van der Waals surface area contributed by atoms with Gasteiger partial charge >= 0.3 is 0 Å². The SMILES string of the molecule is c1cc2cc(-c3cnc(C4CCCC4)[nH]3)ccc2cc1-c1ccc2c3c(ccc2c1)N=C([C@@H]1CCCN1)C3. The minimum absolute atomic E-state index is 0.456. The highest BCUT2D eigenvalue weighted by molar-refractivity contribution is 6.04. The molecule has 4 nitrogen and oxygen atoms in total. The Morgan fingerprint density at radius 3 is 2.26 bits per heavy atom. The lowest BCUT2D eigenvalue weighted by Gasteiger charge is -2.11. The molecule has 188 valence electrons. The highest BCUT2D eigenvalue weighted by Gasteiger charge is 2.26. The van der Waals surface area contributed by atoms with Crippen LogP contribution >= 0.6 is 0 Å². The molecule has 2 aliphatic heterocycles. The first-order valence-corrected chi connectivity index (χ1v) is 14.2. The van der Waals surface area contributed by atoms with Crippen LogP contribution in [0.2, 0.25) is 0 Å². The molecule has 0 amide bonds. The maximum atomic E-state index is 5.00. The lowest BCUT2D eigenvalue weighted by atomic mass is 9.94. The number of aliphatic imine (C=N–C) groups is 1. The monoisotopic (exact) mass is 496 g/mol. The molecule has 0 radical (unpaired) electrons. The zero-order valence-electron chi connectivity index (χ0n) is 21.6. The van der Waals surface area contributed by atoms with Crippen molar-refractivity contribution in [2.24, 2.45) is 4.99 Å². The minimum atomic E-state index is 0.456. The number of rotatable bonds is 4. The molecule has 2 fully saturated rings. The summed E-state index contributed by atoms with van der Waals surface area (Å²) in [5.41, 5.74) is 8.70. The molecule has 0 unspecified atom stereocenters. The summed E-state index contributed by atoms with van der Waals surface area (Å²) in [4.78, 5) is 13.3. The van der Waals surface area contributed by atoms with E-state index < -0.39 is 0 Å². The van der Waals surface area contributed by atoms with E-state index in [-0.39, 0.29) is 0 Å². The maximum absolute atomic E-state index is 5.00. The summed E-state index contributed by atoms with van der Waals surface area (Å²) < 4.78 is 0. The van der Waals surface area contributed by atoms with Gasteiger partial charge in [-0.15, -0.1) is 0 Å². The quantitative estimate of drug-likeness (QED) is 0.264. The van der Waals surface area contributed by atoms with Gasteiger partial charge in [-0.2, -0.15) is 0 Å². The van der Waals surface area contributed by atoms with Crippen LogP contribution in [-0.2, 0) is 6.42 Å². The fourth-order valence-electron chi connectivity index (χ4n) is 6.88. The molecule has 38 heavy (non-hydrogen) atoms. The first-order valence-electron chi connectivity index (χ1n) is 14.2. The highest BCUT2D eigenvalue weighted by Crippen LogP contribution is 2.38. The Morgan fingerprint density at radius 2 is 1.45 bits per heavy atom. The second-order valence-corrected chi connectivity index (χ2v) is 11.4. The first-order chi connectivity index (χ1) is 18.8. The molecule has 0 bridgehead atoms. The molecule has 4 heteroatoms. The van der Waals surface area contributed by atoms with E-state index in [0.717, 1.165) is 30.2 Å². The predicted molar refractivity (Wildman–Crippen MR) is 158 cm³/mol. The highest BCUT2D eigenvalue weighted by atomic mass is 15.0. The molecule has 1 aromatic heterocycles. The third-order valence-corrected chi connectivity index (χ3v) is 9.01. The summed E-state index contributed by atoms with van der Waals surface area (Å²) in [5, 5.41) is 8.77. The van der Waals surface area contributed by atoms with Crippen LogP contribution in [0.4, 0.5) is 5.69 Å². The number of H-pyrrole nitrogens is 1. The molecule has 3 aliphatic rings. The van der Waals surface area contributed by atoms with Gasteiger partial charge in [0, 0.05) is 29.7 Å². The number of imidazole rings is 1. The third-order valence-electron chi connectivity index (χ3n) is 9.01. The number of aromatic nitrogens is 2. The molecule has 3 heterocycles. The number of nitrogens with one attached hydrogen (secondary N) is 2. The molecule has 1 saturated carbocycles. The van der Waals surface area contributed by atoms with Crippen LogP contribution < -0.4 is 5.32 Å². The second-order valence-electron chi connectivity index (χ2n) is 11.4. The average molecular weight is 497 g/mol. The van der Waals surface area contributed by atoms with Crippen LogP contribution in [0.25, 0.3) is 43.9 Å². The van der Waals surface area contributed by atoms with Crippen LogP contribution in [0, 0.1) is 0 Å². The summed E-state index contributed by atoms with van der Waals surface area (Å²) in [6, 6.07) is 25.4. The zero-order valence-corrected chi connectivity index (χ0v) is 21.6. The standard InChI is InChI=1S/C34H32N4/c1-2-5-21(4-1)34-36-20-33(38-34)27-10-9-23-16-22(7-8-24(23)18-27)25-11-13-28-26(17-25)12-14-30-29(28)19-32(37-30)31-6-3-15-35-31/h7-14,16-18,20-21,31,35H,1-6,15,19H2,(H,36,38)/t31-/m0/s1. The number of hydrogen-bond acceptors (Lipinski definition) is 3. The summed E-state index contributed by atoms with van der Waals surface area (Å²) in [7, 11) is 0. The second kappa shape index (κ2) is 8.92. The van der Waals surface area contributed by atoms with Crippen molar-refractivity contribution in [3.8, 4) is 22.4 Å². The summed E-state index contributed by atoms with van der Waals surface area (Å²) in [6.45, 7) is 1.11. The number of aromatic amines is 1. The molecule has 2 N–H and O–H groups in total. The maximum Gasteiger partial charge on any atom is 0.109 e. The topological polar surface area (TPSA) is 53.1 Å². The van der Waals surface area contributed by atoms with Gasteiger partial charge in [-0.25, -0.2) is 4.98 Å². The van der Waals surface area contributed by atoms with E-state index >= 15 is 0 Å². The van der Waals surface area contributed by atoms with Gasteiger partial charge in [-0.3, -0.25) is 4.99 Å². The van der Waals surface area contributed by atoms with Gasteiger partial charge < -0.3 is 10.3 Å². The molecule has 1 atom stereocenters. The Morgan fingerprint density at radius 1 is 0.711 bits per heavy atom. The zero-order chi connectivity index (χ0) is 25.1. The summed E-state index contributed by atoms with van der Waals surface area (Å²) >= 11 is 0. The van der Waals surface area contributed by atoms with Crippen molar-refractivity contribution in [1.29, 1.82) is 0 Å². The Kier molecular flexibility index (Phi) is 5.22. The van der Waals surface area contributed by atoms with Crippen LogP contribution in [0.3, 0.4) is 0 Å². The number of fused-ring (bicyclic) bond motifs is 4. The fraction of sp³-hybridized carbons (Fsp3) is 0.294. The fourth-order valence-corrected chi connectivity index (χ4v) is 6.88. The van der Waals surface area contributed by atoms with E-state index in [2.05, 4.69) is 77.0 Å². The van der Waals surface area contributed by atoms with E-state index in [1.54, 1.807) is 0 Å².